The van der Waals surface area contributed by atoms with E-state index in [9.17, 15) is 27.6 Å². The Hall–Kier alpha value is -4.54. The van der Waals surface area contributed by atoms with Crippen molar-refractivity contribution in [3.8, 4) is 17.2 Å². The molecule has 0 unspecified atom stereocenters. The van der Waals surface area contributed by atoms with E-state index < -0.39 is 23.6 Å². The number of hydrogen-bond donors (Lipinski definition) is 3. The first-order valence-electron chi connectivity index (χ1n) is 13.1. The van der Waals surface area contributed by atoms with Crippen LogP contribution in [0.4, 0.5) is 13.2 Å². The molecule has 216 valence electrons. The number of aliphatic carboxylic acids is 1. The lowest BCUT2D eigenvalue weighted by Gasteiger charge is -2.26. The quantitative estimate of drug-likeness (QED) is 0.270. The van der Waals surface area contributed by atoms with Crippen LogP contribution in [0.5, 0.6) is 17.2 Å². The van der Waals surface area contributed by atoms with E-state index in [2.05, 4.69) is 10.6 Å². The van der Waals surface area contributed by atoms with Gasteiger partial charge in [-0.15, -0.1) is 0 Å². The van der Waals surface area contributed by atoms with Crippen molar-refractivity contribution in [3.63, 3.8) is 0 Å². The summed E-state index contributed by atoms with van der Waals surface area (Å²) in [5.41, 5.74) is -0.0800. The summed E-state index contributed by atoms with van der Waals surface area (Å²) in [7, 11) is 0. The molecule has 0 bridgehead atoms. The van der Waals surface area contributed by atoms with Crippen LogP contribution in [0.1, 0.15) is 52.0 Å². The molecule has 0 aromatic heterocycles. The fourth-order valence-electron chi connectivity index (χ4n) is 4.41. The van der Waals surface area contributed by atoms with Crippen LogP contribution in [-0.2, 0) is 11.0 Å². The number of amides is 2. The standard InChI is InChI=1S/C30H29F3N2O6/c31-30(32,33)22-8-14-25(15-9-22)41-26-3-1-2-21(18-26)28(37)35-17-16-34-27(36)19-4-10-23(11-5-19)40-24-12-6-20(7-13-24)29(38)39/h1-5,8-11,14-15,18,20,24H,6-7,12-13,16-17H2,(H,34,36)(H,35,37)(H,38,39)/t20-,24+. The summed E-state index contributed by atoms with van der Waals surface area (Å²) >= 11 is 0. The number of benzene rings is 3. The summed E-state index contributed by atoms with van der Waals surface area (Å²) in [5.74, 6) is -0.720. The second-order valence-electron chi connectivity index (χ2n) is 9.62. The molecule has 3 aromatic carbocycles. The van der Waals surface area contributed by atoms with Gasteiger partial charge in [0.2, 0.25) is 0 Å². The topological polar surface area (TPSA) is 114 Å². The number of rotatable bonds is 10. The fraction of sp³-hybridized carbons (Fsp3) is 0.300. The van der Waals surface area contributed by atoms with Gasteiger partial charge < -0.3 is 25.2 Å². The third kappa shape index (κ3) is 8.47. The average molecular weight is 571 g/mol. The van der Waals surface area contributed by atoms with E-state index in [-0.39, 0.29) is 48.1 Å². The van der Waals surface area contributed by atoms with Crippen molar-refractivity contribution in [1.29, 1.82) is 0 Å². The third-order valence-electron chi connectivity index (χ3n) is 6.65. The molecule has 0 saturated heterocycles. The molecule has 0 radical (unpaired) electrons. The van der Waals surface area contributed by atoms with Crippen molar-refractivity contribution in [1.82, 2.24) is 10.6 Å². The van der Waals surface area contributed by atoms with Gasteiger partial charge in [0.15, 0.2) is 0 Å². The van der Waals surface area contributed by atoms with Crippen LogP contribution in [0, 0.1) is 5.92 Å². The van der Waals surface area contributed by atoms with E-state index in [0.29, 0.717) is 37.0 Å². The zero-order valence-corrected chi connectivity index (χ0v) is 21.9. The first-order valence-corrected chi connectivity index (χ1v) is 13.1. The maximum absolute atomic E-state index is 12.7. The van der Waals surface area contributed by atoms with Gasteiger partial charge in [0.25, 0.3) is 11.8 Å². The SMILES string of the molecule is O=C(NCCNC(=O)c1cccc(Oc2ccc(C(F)(F)F)cc2)c1)c1ccc(O[C@H]2CC[C@@H](C(=O)O)CC2)cc1. The molecular formula is C30H29F3N2O6. The molecule has 0 spiro atoms. The molecule has 3 aromatic rings. The van der Waals surface area contributed by atoms with Crippen molar-refractivity contribution in [2.75, 3.05) is 13.1 Å². The maximum Gasteiger partial charge on any atom is 0.416 e. The van der Waals surface area contributed by atoms with E-state index in [1.165, 1.54) is 18.2 Å². The molecule has 41 heavy (non-hydrogen) atoms. The third-order valence-corrected chi connectivity index (χ3v) is 6.65. The van der Waals surface area contributed by atoms with Gasteiger partial charge in [0, 0.05) is 24.2 Å². The smallest absolute Gasteiger partial charge is 0.416 e. The number of hydrogen-bond acceptors (Lipinski definition) is 5. The van der Waals surface area contributed by atoms with Gasteiger partial charge in [0.05, 0.1) is 17.6 Å². The molecule has 2 amide bonds. The van der Waals surface area contributed by atoms with Crippen molar-refractivity contribution in [2.24, 2.45) is 5.92 Å². The van der Waals surface area contributed by atoms with E-state index in [1.54, 1.807) is 42.5 Å². The Morgan fingerprint density at radius 3 is 1.93 bits per heavy atom. The molecule has 0 heterocycles. The van der Waals surface area contributed by atoms with Crippen LogP contribution in [0.2, 0.25) is 0 Å². The summed E-state index contributed by atoms with van der Waals surface area (Å²) in [6, 6.07) is 17.1. The first kappa shape index (κ1) is 29.4. The number of alkyl halides is 3. The van der Waals surface area contributed by atoms with Crippen LogP contribution >= 0.6 is 0 Å². The van der Waals surface area contributed by atoms with Gasteiger partial charge >= 0.3 is 12.1 Å². The summed E-state index contributed by atoms with van der Waals surface area (Å²) < 4.78 is 49.7. The lowest BCUT2D eigenvalue weighted by atomic mass is 9.87. The van der Waals surface area contributed by atoms with Gasteiger partial charge in [-0.3, -0.25) is 14.4 Å². The highest BCUT2D eigenvalue weighted by atomic mass is 19.4. The number of carbonyl (C=O) groups is 3. The first-order chi connectivity index (χ1) is 19.6. The molecular weight excluding hydrogens is 541 g/mol. The van der Waals surface area contributed by atoms with E-state index in [4.69, 9.17) is 14.6 Å². The minimum absolute atomic E-state index is 0.0500. The predicted octanol–water partition coefficient (Wildman–Crippen LogP) is 5.68. The lowest BCUT2D eigenvalue weighted by molar-refractivity contribution is -0.143. The fourth-order valence-corrected chi connectivity index (χ4v) is 4.41. The Bertz CT molecular complexity index is 1350. The number of carboxylic acids is 1. The van der Waals surface area contributed by atoms with E-state index in [0.717, 1.165) is 12.1 Å². The van der Waals surface area contributed by atoms with Crippen molar-refractivity contribution in [2.45, 2.75) is 38.0 Å². The predicted molar refractivity (Wildman–Crippen MR) is 143 cm³/mol. The molecule has 1 fully saturated rings. The summed E-state index contributed by atoms with van der Waals surface area (Å²) in [6.07, 6.45) is -1.99. The Morgan fingerprint density at radius 1 is 0.756 bits per heavy atom. The molecule has 11 heteroatoms. The Balaban J connectivity index is 1.19. The number of ether oxygens (including phenoxy) is 2. The summed E-state index contributed by atoms with van der Waals surface area (Å²) in [5, 5.41) is 14.5. The summed E-state index contributed by atoms with van der Waals surface area (Å²) in [4.78, 5) is 36.1. The molecule has 1 saturated carbocycles. The molecule has 0 atom stereocenters. The van der Waals surface area contributed by atoms with Gasteiger partial charge in [-0.25, -0.2) is 0 Å². The Morgan fingerprint density at radius 2 is 1.34 bits per heavy atom. The highest BCUT2D eigenvalue weighted by Crippen LogP contribution is 2.31. The molecule has 1 aliphatic rings. The van der Waals surface area contributed by atoms with Crippen molar-refractivity contribution < 1.29 is 42.1 Å². The molecule has 0 aliphatic heterocycles. The molecule has 8 nitrogen and oxygen atoms in total. The molecule has 3 N–H and O–H groups in total. The van der Waals surface area contributed by atoms with Gasteiger partial charge in [-0.1, -0.05) is 6.07 Å². The normalized spacial score (nSPS) is 16.9. The van der Waals surface area contributed by atoms with Crippen molar-refractivity contribution >= 4 is 17.8 Å². The summed E-state index contributed by atoms with van der Waals surface area (Å²) in [6.45, 7) is 0.339. The van der Waals surface area contributed by atoms with Crippen LogP contribution < -0.4 is 20.1 Å². The zero-order chi connectivity index (χ0) is 29.4. The highest BCUT2D eigenvalue weighted by Gasteiger charge is 2.30. The van der Waals surface area contributed by atoms with Crippen molar-refractivity contribution in [3.05, 3.63) is 89.5 Å². The largest absolute Gasteiger partial charge is 0.490 e. The number of carbonyl (C=O) groups excluding carboxylic acids is 2. The van der Waals surface area contributed by atoms with Crippen LogP contribution in [-0.4, -0.2) is 42.1 Å². The highest BCUT2D eigenvalue weighted by molar-refractivity contribution is 5.95. The van der Waals surface area contributed by atoms with Crippen LogP contribution in [0.25, 0.3) is 0 Å². The van der Waals surface area contributed by atoms with Gasteiger partial charge in [-0.05, 0) is 92.4 Å². The second-order valence-corrected chi connectivity index (χ2v) is 9.62. The van der Waals surface area contributed by atoms with Gasteiger partial charge in [0.1, 0.15) is 17.2 Å². The minimum Gasteiger partial charge on any atom is -0.490 e. The second kappa shape index (κ2) is 13.2. The average Bonchev–Trinajstić information content (AvgIpc) is 2.96. The minimum atomic E-state index is -4.44. The molecule has 4 rings (SSSR count). The zero-order valence-electron chi connectivity index (χ0n) is 21.9. The number of halogens is 3. The van der Waals surface area contributed by atoms with E-state index in [1.807, 2.05) is 0 Å². The maximum atomic E-state index is 12.7. The number of nitrogens with one attached hydrogen (secondary N) is 2. The van der Waals surface area contributed by atoms with E-state index >= 15 is 0 Å². The monoisotopic (exact) mass is 570 g/mol. The Labute approximate surface area is 234 Å². The molecule has 1 aliphatic carbocycles. The van der Waals surface area contributed by atoms with Gasteiger partial charge in [-0.2, -0.15) is 13.2 Å². The number of carboxylic acid groups (broad SMARTS) is 1. The lowest BCUT2D eigenvalue weighted by Crippen LogP contribution is -2.34. The van der Waals surface area contributed by atoms with Crippen LogP contribution in [0.15, 0.2) is 72.8 Å². The van der Waals surface area contributed by atoms with Crippen LogP contribution in [0.3, 0.4) is 0 Å². The Kier molecular flexibility index (Phi) is 9.49.